The molecule has 3 aromatic rings. The molecule has 2 amide bonds. The molecule has 1 aliphatic heterocycles. The summed E-state index contributed by atoms with van der Waals surface area (Å²) in [4.78, 5) is 31.0. The van der Waals surface area contributed by atoms with E-state index in [9.17, 15) is 14.0 Å². The van der Waals surface area contributed by atoms with Crippen LogP contribution in [0.15, 0.2) is 58.5 Å². The summed E-state index contributed by atoms with van der Waals surface area (Å²) >= 11 is 1.67. The van der Waals surface area contributed by atoms with Gasteiger partial charge in [-0.25, -0.2) is 4.39 Å². The van der Waals surface area contributed by atoms with Crippen molar-refractivity contribution in [2.45, 2.75) is 26.3 Å². The predicted molar refractivity (Wildman–Crippen MR) is 124 cm³/mol. The van der Waals surface area contributed by atoms with Crippen LogP contribution in [0.3, 0.4) is 0 Å². The highest BCUT2D eigenvalue weighted by Gasteiger charge is 2.34. The van der Waals surface area contributed by atoms with Gasteiger partial charge in [0.1, 0.15) is 24.7 Å². The zero-order valence-electron chi connectivity index (χ0n) is 18.7. The fraction of sp³-hybridized carbons (Fsp3) is 0.360. The van der Waals surface area contributed by atoms with Crippen LogP contribution in [0.1, 0.15) is 40.9 Å². The van der Waals surface area contributed by atoms with Crippen LogP contribution in [-0.2, 0) is 11.2 Å². The molecule has 0 radical (unpaired) electrons. The van der Waals surface area contributed by atoms with Gasteiger partial charge in [0.15, 0.2) is 5.76 Å². The monoisotopic (exact) mass is 470 g/mol. The number of ether oxygens (including phenoxy) is 1. The second-order valence-corrected chi connectivity index (χ2v) is 9.47. The van der Waals surface area contributed by atoms with Crippen molar-refractivity contribution in [1.82, 2.24) is 9.80 Å². The van der Waals surface area contributed by atoms with Crippen molar-refractivity contribution in [2.75, 3.05) is 26.2 Å². The normalized spacial score (nSPS) is 15.4. The zero-order chi connectivity index (χ0) is 23.4. The molecule has 0 saturated carbocycles. The minimum Gasteiger partial charge on any atom is -0.491 e. The minimum absolute atomic E-state index is 0.0375. The third-order valence-corrected chi connectivity index (χ3v) is 6.56. The Hall–Kier alpha value is -3.13. The first-order valence-corrected chi connectivity index (χ1v) is 11.9. The molecule has 3 heterocycles. The molecule has 6 nitrogen and oxygen atoms in total. The van der Waals surface area contributed by atoms with Crippen LogP contribution in [-0.4, -0.2) is 47.9 Å². The van der Waals surface area contributed by atoms with E-state index in [-0.39, 0.29) is 48.5 Å². The molecule has 1 aromatic carbocycles. The average Bonchev–Trinajstić information content (AvgIpc) is 3.49. The van der Waals surface area contributed by atoms with E-state index in [0.717, 1.165) is 12.0 Å². The molecule has 0 aliphatic carbocycles. The summed E-state index contributed by atoms with van der Waals surface area (Å²) in [6, 6.07) is 10.9. The average molecular weight is 471 g/mol. The summed E-state index contributed by atoms with van der Waals surface area (Å²) in [5, 5.41) is 2.02. The van der Waals surface area contributed by atoms with Crippen molar-refractivity contribution in [1.29, 1.82) is 0 Å². The maximum atomic E-state index is 13.5. The number of carbonyl (C=O) groups is 2. The fourth-order valence-electron chi connectivity index (χ4n) is 4.05. The van der Waals surface area contributed by atoms with Crippen molar-refractivity contribution in [2.24, 2.45) is 5.92 Å². The Labute approximate surface area is 196 Å². The summed E-state index contributed by atoms with van der Waals surface area (Å²) in [6.07, 6.45) is 2.22. The molecule has 33 heavy (non-hydrogen) atoms. The largest absolute Gasteiger partial charge is 0.491 e. The lowest BCUT2D eigenvalue weighted by Gasteiger charge is -2.37. The molecule has 0 N–H and O–H groups in total. The Morgan fingerprint density at radius 1 is 1.24 bits per heavy atom. The summed E-state index contributed by atoms with van der Waals surface area (Å²) in [5.41, 5.74) is 1.06. The number of carbonyl (C=O) groups excluding carboxylic acids is 2. The van der Waals surface area contributed by atoms with Gasteiger partial charge in [0.05, 0.1) is 12.3 Å². The van der Waals surface area contributed by atoms with E-state index in [1.807, 2.05) is 25.3 Å². The van der Waals surface area contributed by atoms with Gasteiger partial charge in [0.25, 0.3) is 5.91 Å². The van der Waals surface area contributed by atoms with Crippen molar-refractivity contribution in [3.63, 3.8) is 0 Å². The van der Waals surface area contributed by atoms with Gasteiger partial charge in [-0.15, -0.1) is 11.3 Å². The number of rotatable bonds is 8. The van der Waals surface area contributed by atoms with Crippen LogP contribution in [0.4, 0.5) is 4.39 Å². The van der Waals surface area contributed by atoms with Crippen LogP contribution in [0.2, 0.25) is 0 Å². The van der Waals surface area contributed by atoms with E-state index < -0.39 is 0 Å². The van der Waals surface area contributed by atoms with Gasteiger partial charge in [0.2, 0.25) is 5.91 Å². The lowest BCUT2D eigenvalue weighted by Crippen LogP contribution is -2.48. The number of nitrogens with zero attached hydrogens (tertiary/aromatic N) is 2. The molecule has 0 unspecified atom stereocenters. The van der Waals surface area contributed by atoms with Gasteiger partial charge in [-0.1, -0.05) is 13.8 Å². The molecule has 1 atom stereocenters. The highest BCUT2D eigenvalue weighted by molar-refractivity contribution is 7.10. The minimum atomic E-state index is -0.330. The summed E-state index contributed by atoms with van der Waals surface area (Å²) in [5.74, 6) is 0.191. The predicted octanol–water partition coefficient (Wildman–Crippen LogP) is 4.78. The van der Waals surface area contributed by atoms with Crippen molar-refractivity contribution in [3.8, 4) is 5.75 Å². The quantitative estimate of drug-likeness (QED) is 0.475. The number of halogens is 1. The van der Waals surface area contributed by atoms with Crippen LogP contribution >= 0.6 is 11.3 Å². The third kappa shape index (κ3) is 5.45. The first-order chi connectivity index (χ1) is 15.9. The first kappa shape index (κ1) is 23.0. The Balaban J connectivity index is 1.52. The molecule has 174 valence electrons. The van der Waals surface area contributed by atoms with Crippen LogP contribution in [0.25, 0.3) is 0 Å². The molecule has 0 saturated heterocycles. The van der Waals surface area contributed by atoms with Crippen molar-refractivity contribution in [3.05, 3.63) is 76.1 Å². The highest BCUT2D eigenvalue weighted by Crippen LogP contribution is 2.34. The zero-order valence-corrected chi connectivity index (χ0v) is 19.5. The maximum Gasteiger partial charge on any atom is 0.290 e. The highest BCUT2D eigenvalue weighted by atomic mass is 32.1. The summed E-state index contributed by atoms with van der Waals surface area (Å²) < 4.78 is 24.4. The number of hydrogen-bond donors (Lipinski definition) is 0. The lowest BCUT2D eigenvalue weighted by atomic mass is 10.00. The summed E-state index contributed by atoms with van der Waals surface area (Å²) in [7, 11) is 0. The fourth-order valence-corrected chi connectivity index (χ4v) is 4.98. The van der Waals surface area contributed by atoms with Gasteiger partial charge < -0.3 is 19.0 Å². The number of hydrogen-bond acceptors (Lipinski definition) is 5. The van der Waals surface area contributed by atoms with Gasteiger partial charge in [0, 0.05) is 18.0 Å². The van der Waals surface area contributed by atoms with Gasteiger partial charge >= 0.3 is 0 Å². The molecule has 2 aromatic heterocycles. The second-order valence-electron chi connectivity index (χ2n) is 8.47. The Morgan fingerprint density at radius 3 is 2.73 bits per heavy atom. The molecule has 0 fully saturated rings. The van der Waals surface area contributed by atoms with E-state index in [4.69, 9.17) is 9.15 Å². The molecule has 0 bridgehead atoms. The number of thiophene rings is 1. The van der Waals surface area contributed by atoms with E-state index in [0.29, 0.717) is 18.8 Å². The molecule has 0 spiro atoms. The topological polar surface area (TPSA) is 63.0 Å². The van der Waals surface area contributed by atoms with Crippen molar-refractivity contribution >= 4 is 23.2 Å². The van der Waals surface area contributed by atoms with E-state index >= 15 is 0 Å². The first-order valence-electron chi connectivity index (χ1n) is 11.0. The molecule has 1 aliphatic rings. The number of benzene rings is 1. The second kappa shape index (κ2) is 10.2. The van der Waals surface area contributed by atoms with E-state index in [1.54, 1.807) is 45.4 Å². The Morgan fingerprint density at radius 2 is 2.03 bits per heavy atom. The molecular weight excluding hydrogens is 443 g/mol. The Bertz CT molecular complexity index is 1080. The molecule has 8 heteroatoms. The smallest absolute Gasteiger partial charge is 0.290 e. The van der Waals surface area contributed by atoms with Gasteiger partial charge in [-0.3, -0.25) is 9.59 Å². The maximum absolute atomic E-state index is 13.5. The van der Waals surface area contributed by atoms with Gasteiger partial charge in [-0.05, 0) is 65.7 Å². The van der Waals surface area contributed by atoms with Crippen molar-refractivity contribution < 1.29 is 23.1 Å². The standard InChI is InChI=1S/C25H27FN2O4S/c1-17(2)14-27(25(30)22-4-3-12-31-22)15-24(29)28-11-9-23-20(10-13-33-23)21(28)16-32-19-7-5-18(26)6-8-19/h3-8,10,12-13,17,21H,9,11,14-16H2,1-2H3/t21-/m0/s1. The molecular formula is C25H27FN2O4S. The van der Waals surface area contributed by atoms with Crippen LogP contribution in [0.5, 0.6) is 5.75 Å². The number of fused-ring (bicyclic) bond motifs is 1. The lowest BCUT2D eigenvalue weighted by molar-refractivity contribution is -0.135. The number of furan rings is 1. The van der Waals surface area contributed by atoms with E-state index in [2.05, 4.69) is 0 Å². The summed E-state index contributed by atoms with van der Waals surface area (Å²) in [6.45, 7) is 5.21. The van der Waals surface area contributed by atoms with Crippen LogP contribution < -0.4 is 4.74 Å². The molecule has 4 rings (SSSR count). The van der Waals surface area contributed by atoms with Gasteiger partial charge in [-0.2, -0.15) is 0 Å². The third-order valence-electron chi connectivity index (χ3n) is 5.57. The number of amides is 2. The van der Waals surface area contributed by atoms with Crippen LogP contribution in [0, 0.1) is 11.7 Å². The Kier molecular flexibility index (Phi) is 7.13. The van der Waals surface area contributed by atoms with E-state index in [1.165, 1.54) is 23.3 Å². The SMILES string of the molecule is CC(C)CN(CC(=O)N1CCc2sccc2[C@@H]1COc1ccc(F)cc1)C(=O)c1ccco1.